The number of allylic oxidation sites excluding steroid dienone is 1. The number of hydrogen-bond donors (Lipinski definition) is 0. The summed E-state index contributed by atoms with van der Waals surface area (Å²) < 4.78 is 0. The molecule has 0 saturated heterocycles. The summed E-state index contributed by atoms with van der Waals surface area (Å²) in [5.41, 5.74) is 3.93. The van der Waals surface area contributed by atoms with Gasteiger partial charge >= 0.3 is 0 Å². The molecule has 0 nitrogen and oxygen atoms in total. The Morgan fingerprint density at radius 3 is 1.88 bits per heavy atom. The molecule has 90 valence electrons. The van der Waals surface area contributed by atoms with Crippen LogP contribution in [0.4, 0.5) is 0 Å². The van der Waals surface area contributed by atoms with E-state index in [1.807, 2.05) is 0 Å². The summed E-state index contributed by atoms with van der Waals surface area (Å²) in [5, 5.41) is 0. The predicted octanol–water partition coefficient (Wildman–Crippen LogP) is 5.48. The van der Waals surface area contributed by atoms with Gasteiger partial charge in [0.1, 0.15) is 0 Å². The molecule has 0 aromatic heterocycles. The van der Waals surface area contributed by atoms with Gasteiger partial charge in [0, 0.05) is 0 Å². The van der Waals surface area contributed by atoms with Crippen LogP contribution < -0.4 is 0 Å². The van der Waals surface area contributed by atoms with Crippen LogP contribution in [-0.4, -0.2) is 0 Å². The van der Waals surface area contributed by atoms with E-state index in [9.17, 15) is 0 Å². The fourth-order valence-corrected chi connectivity index (χ4v) is 1.40. The van der Waals surface area contributed by atoms with Crippen molar-refractivity contribution in [1.29, 1.82) is 0 Å². The maximum absolute atomic E-state index is 4.02. The summed E-state index contributed by atoms with van der Waals surface area (Å²) >= 11 is 0. The quantitative estimate of drug-likeness (QED) is 0.628. The van der Waals surface area contributed by atoms with Gasteiger partial charge in [0.25, 0.3) is 0 Å². The van der Waals surface area contributed by atoms with E-state index in [4.69, 9.17) is 0 Å². The van der Waals surface area contributed by atoms with Crippen molar-refractivity contribution in [2.45, 2.75) is 53.4 Å². The first-order chi connectivity index (χ1) is 7.69. The molecule has 1 rings (SSSR count). The van der Waals surface area contributed by atoms with Crippen molar-refractivity contribution in [3.63, 3.8) is 0 Å². The molecule has 0 aliphatic rings. The molecule has 0 saturated carbocycles. The van der Waals surface area contributed by atoms with Gasteiger partial charge in [-0.25, -0.2) is 0 Å². The van der Waals surface area contributed by atoms with Gasteiger partial charge in [-0.2, -0.15) is 0 Å². The SMILES string of the molecule is C=C(CC)c1ccc(CCC)cc1.CCC. The molecule has 0 radical (unpaired) electrons. The maximum atomic E-state index is 4.02. The maximum Gasteiger partial charge on any atom is -0.0230 e. The molecule has 0 aliphatic heterocycles. The second kappa shape index (κ2) is 9.21. The molecule has 0 amide bonds. The lowest BCUT2D eigenvalue weighted by molar-refractivity contribution is 0.921. The van der Waals surface area contributed by atoms with Crippen LogP contribution in [0.3, 0.4) is 0 Å². The summed E-state index contributed by atoms with van der Waals surface area (Å²) in [6.45, 7) is 12.6. The molecular weight excluding hydrogens is 192 g/mol. The highest BCUT2D eigenvalue weighted by atomic mass is 14.0. The molecule has 0 aliphatic carbocycles. The smallest absolute Gasteiger partial charge is 0.0230 e. The molecule has 0 spiro atoms. The van der Waals surface area contributed by atoms with Crippen LogP contribution in [-0.2, 0) is 6.42 Å². The van der Waals surface area contributed by atoms with Gasteiger partial charge in [-0.1, -0.05) is 71.4 Å². The van der Waals surface area contributed by atoms with Crippen LogP contribution in [0.5, 0.6) is 0 Å². The van der Waals surface area contributed by atoms with Crippen molar-refractivity contribution in [2.75, 3.05) is 0 Å². The van der Waals surface area contributed by atoms with E-state index >= 15 is 0 Å². The molecule has 1 aromatic rings. The molecule has 0 heterocycles. The first-order valence-corrected chi connectivity index (χ1v) is 6.46. The first kappa shape index (κ1) is 15.0. The molecule has 1 aromatic carbocycles. The molecular formula is C16H26. The Kier molecular flexibility index (Phi) is 8.61. The van der Waals surface area contributed by atoms with Crippen LogP contribution in [0.1, 0.15) is 58.1 Å². The van der Waals surface area contributed by atoms with Gasteiger partial charge in [0.15, 0.2) is 0 Å². The van der Waals surface area contributed by atoms with Gasteiger partial charge in [-0.05, 0) is 29.5 Å². The molecule has 0 heteroatoms. The minimum absolute atomic E-state index is 1.03. The van der Waals surface area contributed by atoms with Gasteiger partial charge in [-0.15, -0.1) is 0 Å². The van der Waals surface area contributed by atoms with Crippen molar-refractivity contribution < 1.29 is 0 Å². The predicted molar refractivity (Wildman–Crippen MR) is 75.7 cm³/mol. The average molecular weight is 218 g/mol. The van der Waals surface area contributed by atoms with E-state index < -0.39 is 0 Å². The minimum Gasteiger partial charge on any atom is -0.0952 e. The normalized spacial score (nSPS) is 9.25. The Balaban J connectivity index is 0.000000673. The zero-order valence-corrected chi connectivity index (χ0v) is 11.3. The van der Waals surface area contributed by atoms with Crippen molar-refractivity contribution >= 4 is 5.57 Å². The number of rotatable bonds is 4. The third-order valence-corrected chi connectivity index (χ3v) is 2.33. The molecule has 0 atom stereocenters. The summed E-state index contributed by atoms with van der Waals surface area (Å²) in [4.78, 5) is 0. The summed E-state index contributed by atoms with van der Waals surface area (Å²) in [6.07, 6.45) is 4.68. The standard InChI is InChI=1S/C13H18.C3H8/c1-4-6-12-7-9-13(10-8-12)11(3)5-2;1-3-2/h7-10H,3-6H2,1-2H3;3H2,1-2H3. The van der Waals surface area contributed by atoms with E-state index in [0.717, 1.165) is 6.42 Å². The van der Waals surface area contributed by atoms with Gasteiger partial charge in [-0.3, -0.25) is 0 Å². The largest absolute Gasteiger partial charge is 0.0952 e. The summed E-state index contributed by atoms with van der Waals surface area (Å²) in [7, 11) is 0. The minimum atomic E-state index is 1.03. The van der Waals surface area contributed by atoms with Crippen LogP contribution in [0.15, 0.2) is 30.8 Å². The highest BCUT2D eigenvalue weighted by molar-refractivity contribution is 5.63. The van der Waals surface area contributed by atoms with Gasteiger partial charge < -0.3 is 0 Å². The highest BCUT2D eigenvalue weighted by Gasteiger charge is 1.96. The Bertz CT molecular complexity index is 279. The molecule has 0 unspecified atom stereocenters. The van der Waals surface area contributed by atoms with E-state index in [0.29, 0.717) is 0 Å². The average Bonchev–Trinajstić information content (AvgIpc) is 2.30. The van der Waals surface area contributed by atoms with Crippen molar-refractivity contribution in [1.82, 2.24) is 0 Å². The Morgan fingerprint density at radius 1 is 1.00 bits per heavy atom. The lowest BCUT2D eigenvalue weighted by Gasteiger charge is -2.04. The Hall–Kier alpha value is -1.04. The van der Waals surface area contributed by atoms with Crippen LogP contribution in [0.25, 0.3) is 5.57 Å². The lowest BCUT2D eigenvalue weighted by Crippen LogP contribution is -1.85. The van der Waals surface area contributed by atoms with Crippen molar-refractivity contribution in [2.24, 2.45) is 0 Å². The monoisotopic (exact) mass is 218 g/mol. The number of benzene rings is 1. The topological polar surface area (TPSA) is 0 Å². The van der Waals surface area contributed by atoms with E-state index in [1.54, 1.807) is 0 Å². The van der Waals surface area contributed by atoms with Crippen molar-refractivity contribution in [3.05, 3.63) is 42.0 Å². The zero-order valence-electron chi connectivity index (χ0n) is 11.3. The fourth-order valence-electron chi connectivity index (χ4n) is 1.40. The van der Waals surface area contributed by atoms with Gasteiger partial charge in [0.2, 0.25) is 0 Å². The second-order valence-electron chi connectivity index (χ2n) is 4.11. The zero-order chi connectivity index (χ0) is 12.4. The van der Waals surface area contributed by atoms with Crippen LogP contribution in [0, 0.1) is 0 Å². The number of hydrogen-bond acceptors (Lipinski definition) is 0. The van der Waals surface area contributed by atoms with E-state index in [1.165, 1.54) is 36.0 Å². The van der Waals surface area contributed by atoms with E-state index in [-0.39, 0.29) is 0 Å². The molecule has 0 N–H and O–H groups in total. The second-order valence-corrected chi connectivity index (χ2v) is 4.11. The van der Waals surface area contributed by atoms with Crippen LogP contribution in [0.2, 0.25) is 0 Å². The molecule has 0 fully saturated rings. The molecule has 0 bridgehead atoms. The molecule has 16 heavy (non-hydrogen) atoms. The van der Waals surface area contributed by atoms with Crippen molar-refractivity contribution in [3.8, 4) is 0 Å². The van der Waals surface area contributed by atoms with Gasteiger partial charge in [0.05, 0.1) is 0 Å². The first-order valence-electron chi connectivity index (χ1n) is 6.46. The Morgan fingerprint density at radius 2 is 1.50 bits per heavy atom. The third kappa shape index (κ3) is 5.75. The fraction of sp³-hybridized carbons (Fsp3) is 0.500. The summed E-state index contributed by atoms with van der Waals surface area (Å²) in [6, 6.07) is 8.77. The summed E-state index contributed by atoms with van der Waals surface area (Å²) in [5.74, 6) is 0. The highest BCUT2D eigenvalue weighted by Crippen LogP contribution is 2.16. The van der Waals surface area contributed by atoms with E-state index in [2.05, 4.69) is 58.5 Å². The Labute approximate surface area is 101 Å². The lowest BCUT2D eigenvalue weighted by atomic mass is 10.0. The van der Waals surface area contributed by atoms with Crippen LogP contribution >= 0.6 is 0 Å². The third-order valence-electron chi connectivity index (χ3n) is 2.33. The number of aryl methyl sites for hydroxylation is 1.